The predicted molar refractivity (Wildman–Crippen MR) is 84.5 cm³/mol. The van der Waals surface area contributed by atoms with Crippen molar-refractivity contribution >= 4 is 12.0 Å². The molecule has 1 aromatic heterocycles. The highest BCUT2D eigenvalue weighted by atomic mass is 16.3. The topological polar surface area (TPSA) is 66.0 Å². The Labute approximate surface area is 129 Å². The molecule has 2 aromatic rings. The second-order valence-electron chi connectivity index (χ2n) is 4.73. The van der Waals surface area contributed by atoms with Crippen LogP contribution in [-0.4, -0.2) is 5.91 Å². The van der Waals surface area contributed by atoms with Gasteiger partial charge in [-0.15, -0.1) is 0 Å². The van der Waals surface area contributed by atoms with Gasteiger partial charge in [-0.05, 0) is 36.8 Å². The largest absolute Gasteiger partial charge is 0.465 e. The summed E-state index contributed by atoms with van der Waals surface area (Å²) in [5, 5.41) is 11.8. The number of amides is 1. The monoisotopic (exact) mass is 292 g/mol. The number of hydrogen-bond acceptors (Lipinski definition) is 3. The lowest BCUT2D eigenvalue weighted by atomic mass is 10.1. The standard InChI is InChI=1S/C18H16N2O2/c1-14-7-9-15(10-8-14)13-20-18(21)16(12-19)4-2-5-17-6-3-11-22-17/h2-11H,13H2,1H3,(H,20,21). The van der Waals surface area contributed by atoms with Gasteiger partial charge in [-0.3, -0.25) is 4.79 Å². The summed E-state index contributed by atoms with van der Waals surface area (Å²) in [5.41, 5.74) is 2.20. The summed E-state index contributed by atoms with van der Waals surface area (Å²) in [6.45, 7) is 2.39. The van der Waals surface area contributed by atoms with Gasteiger partial charge in [-0.2, -0.15) is 5.26 Å². The molecule has 0 atom stereocenters. The second-order valence-corrected chi connectivity index (χ2v) is 4.73. The Morgan fingerprint density at radius 2 is 2.09 bits per heavy atom. The number of nitrogens with zero attached hydrogens (tertiary/aromatic N) is 1. The minimum absolute atomic E-state index is 0.0508. The van der Waals surface area contributed by atoms with Crippen LogP contribution < -0.4 is 5.32 Å². The molecule has 0 aliphatic rings. The lowest BCUT2D eigenvalue weighted by Gasteiger charge is -2.04. The van der Waals surface area contributed by atoms with Crippen LogP contribution in [0.4, 0.5) is 0 Å². The van der Waals surface area contributed by atoms with Crippen molar-refractivity contribution in [3.8, 4) is 6.07 Å². The number of carbonyl (C=O) groups is 1. The lowest BCUT2D eigenvalue weighted by molar-refractivity contribution is -0.117. The molecule has 0 saturated heterocycles. The first-order valence-electron chi connectivity index (χ1n) is 6.85. The smallest absolute Gasteiger partial charge is 0.262 e. The Hall–Kier alpha value is -3.06. The molecule has 0 bridgehead atoms. The minimum atomic E-state index is -0.396. The highest BCUT2D eigenvalue weighted by molar-refractivity contribution is 5.97. The normalized spacial score (nSPS) is 11.4. The van der Waals surface area contributed by atoms with Crippen LogP contribution in [0.1, 0.15) is 16.9 Å². The van der Waals surface area contributed by atoms with Crippen molar-refractivity contribution in [1.82, 2.24) is 5.32 Å². The summed E-state index contributed by atoms with van der Waals surface area (Å²) in [7, 11) is 0. The molecule has 1 N–H and O–H groups in total. The fourth-order valence-corrected chi connectivity index (χ4v) is 1.77. The summed E-state index contributed by atoms with van der Waals surface area (Å²) in [6, 6.07) is 13.3. The van der Waals surface area contributed by atoms with Crippen LogP contribution in [0.3, 0.4) is 0 Å². The molecule has 1 aromatic carbocycles. The number of nitriles is 1. The molecule has 0 fully saturated rings. The van der Waals surface area contributed by atoms with Crippen molar-refractivity contribution in [2.24, 2.45) is 0 Å². The van der Waals surface area contributed by atoms with Crippen LogP contribution in [0.5, 0.6) is 0 Å². The molecular weight excluding hydrogens is 276 g/mol. The number of nitrogens with one attached hydrogen (secondary N) is 1. The molecule has 0 aliphatic carbocycles. The third-order valence-corrected chi connectivity index (χ3v) is 3.01. The van der Waals surface area contributed by atoms with Crippen LogP contribution in [0.25, 0.3) is 6.08 Å². The lowest BCUT2D eigenvalue weighted by Crippen LogP contribution is -2.23. The first-order chi connectivity index (χ1) is 10.7. The Morgan fingerprint density at radius 3 is 2.73 bits per heavy atom. The van der Waals surface area contributed by atoms with Gasteiger partial charge in [-0.1, -0.05) is 35.9 Å². The number of carbonyl (C=O) groups excluding carboxylic acids is 1. The maximum absolute atomic E-state index is 11.9. The zero-order valence-corrected chi connectivity index (χ0v) is 12.2. The van der Waals surface area contributed by atoms with Gasteiger partial charge in [-0.25, -0.2) is 0 Å². The van der Waals surface area contributed by atoms with Crippen molar-refractivity contribution in [3.05, 3.63) is 77.3 Å². The molecular formula is C18H16N2O2. The molecule has 0 radical (unpaired) electrons. The Kier molecular flexibility index (Phi) is 5.33. The summed E-state index contributed by atoms with van der Waals surface area (Å²) < 4.78 is 5.12. The van der Waals surface area contributed by atoms with E-state index in [1.54, 1.807) is 30.5 Å². The highest BCUT2D eigenvalue weighted by Crippen LogP contribution is 2.05. The van der Waals surface area contributed by atoms with Crippen molar-refractivity contribution in [2.75, 3.05) is 0 Å². The van der Waals surface area contributed by atoms with E-state index in [0.717, 1.165) is 11.1 Å². The van der Waals surface area contributed by atoms with Gasteiger partial charge in [0, 0.05) is 6.54 Å². The fourth-order valence-electron chi connectivity index (χ4n) is 1.77. The first-order valence-corrected chi connectivity index (χ1v) is 6.85. The predicted octanol–water partition coefficient (Wildman–Crippen LogP) is 3.37. The molecule has 0 spiro atoms. The average molecular weight is 292 g/mol. The van der Waals surface area contributed by atoms with Gasteiger partial charge >= 0.3 is 0 Å². The van der Waals surface area contributed by atoms with Crippen LogP contribution >= 0.6 is 0 Å². The van der Waals surface area contributed by atoms with Crippen LogP contribution in [0.15, 0.2) is 64.8 Å². The molecule has 4 nitrogen and oxygen atoms in total. The number of hydrogen-bond donors (Lipinski definition) is 1. The molecule has 22 heavy (non-hydrogen) atoms. The minimum Gasteiger partial charge on any atom is -0.465 e. The van der Waals surface area contributed by atoms with E-state index in [1.165, 1.54) is 6.08 Å². The molecule has 4 heteroatoms. The third-order valence-electron chi connectivity index (χ3n) is 3.01. The molecule has 0 unspecified atom stereocenters. The zero-order valence-electron chi connectivity index (χ0n) is 12.2. The number of aryl methyl sites for hydroxylation is 1. The molecule has 1 amide bonds. The Balaban J connectivity index is 1.94. The van der Waals surface area contributed by atoms with Crippen LogP contribution in [0, 0.1) is 18.3 Å². The van der Waals surface area contributed by atoms with Crippen molar-refractivity contribution in [1.29, 1.82) is 5.26 Å². The van der Waals surface area contributed by atoms with E-state index in [1.807, 2.05) is 37.3 Å². The second kappa shape index (κ2) is 7.65. The maximum Gasteiger partial charge on any atom is 0.262 e. The number of allylic oxidation sites excluding steroid dienone is 2. The molecule has 0 saturated carbocycles. The quantitative estimate of drug-likeness (QED) is 0.522. The van der Waals surface area contributed by atoms with Gasteiger partial charge in [0.2, 0.25) is 0 Å². The van der Waals surface area contributed by atoms with E-state index in [2.05, 4.69) is 5.32 Å². The number of furan rings is 1. The van der Waals surface area contributed by atoms with E-state index in [9.17, 15) is 4.79 Å². The van der Waals surface area contributed by atoms with Crippen molar-refractivity contribution in [3.63, 3.8) is 0 Å². The van der Waals surface area contributed by atoms with E-state index in [4.69, 9.17) is 9.68 Å². The zero-order chi connectivity index (χ0) is 15.8. The average Bonchev–Trinajstić information content (AvgIpc) is 3.04. The van der Waals surface area contributed by atoms with E-state index in [-0.39, 0.29) is 5.57 Å². The summed E-state index contributed by atoms with van der Waals surface area (Å²) in [5.74, 6) is 0.265. The number of rotatable bonds is 5. The van der Waals surface area contributed by atoms with Gasteiger partial charge in [0.25, 0.3) is 5.91 Å². The van der Waals surface area contributed by atoms with Crippen molar-refractivity contribution < 1.29 is 9.21 Å². The van der Waals surface area contributed by atoms with E-state index in [0.29, 0.717) is 12.3 Å². The Morgan fingerprint density at radius 1 is 1.32 bits per heavy atom. The SMILES string of the molecule is Cc1ccc(CNC(=O)C(C#N)=CC=Cc2ccco2)cc1. The van der Waals surface area contributed by atoms with Gasteiger partial charge in [0.15, 0.2) is 0 Å². The molecule has 1 heterocycles. The Bertz CT molecular complexity index is 717. The third kappa shape index (κ3) is 4.50. The summed E-state index contributed by atoms with van der Waals surface area (Å²) >= 11 is 0. The fraction of sp³-hybridized carbons (Fsp3) is 0.111. The summed E-state index contributed by atoms with van der Waals surface area (Å²) in [4.78, 5) is 11.9. The molecule has 110 valence electrons. The van der Waals surface area contributed by atoms with Gasteiger partial charge in [0.1, 0.15) is 17.4 Å². The molecule has 0 aliphatic heterocycles. The highest BCUT2D eigenvalue weighted by Gasteiger charge is 2.07. The van der Waals surface area contributed by atoms with E-state index < -0.39 is 5.91 Å². The summed E-state index contributed by atoms with van der Waals surface area (Å²) in [6.07, 6.45) is 6.32. The van der Waals surface area contributed by atoms with Crippen LogP contribution in [0.2, 0.25) is 0 Å². The number of benzene rings is 1. The van der Waals surface area contributed by atoms with E-state index >= 15 is 0 Å². The van der Waals surface area contributed by atoms with Gasteiger partial charge < -0.3 is 9.73 Å². The maximum atomic E-state index is 11.9. The first kappa shape index (κ1) is 15.3. The van der Waals surface area contributed by atoms with Gasteiger partial charge in [0.05, 0.1) is 6.26 Å². The van der Waals surface area contributed by atoms with Crippen molar-refractivity contribution in [2.45, 2.75) is 13.5 Å². The molecule has 2 rings (SSSR count). The van der Waals surface area contributed by atoms with Crippen LogP contribution in [-0.2, 0) is 11.3 Å².